The first-order valence-electron chi connectivity index (χ1n) is 7.26. The Labute approximate surface area is 144 Å². The predicted molar refractivity (Wildman–Crippen MR) is 93.5 cm³/mol. The van der Waals surface area contributed by atoms with Crippen molar-refractivity contribution < 1.29 is 0 Å². The quantitative estimate of drug-likeness (QED) is 0.484. The van der Waals surface area contributed by atoms with Gasteiger partial charge in [0.25, 0.3) is 0 Å². The van der Waals surface area contributed by atoms with Gasteiger partial charge < -0.3 is 4.57 Å². The fourth-order valence-corrected chi connectivity index (χ4v) is 3.46. The van der Waals surface area contributed by atoms with Gasteiger partial charge in [-0.3, -0.25) is 0 Å². The van der Waals surface area contributed by atoms with Gasteiger partial charge in [-0.1, -0.05) is 53.9 Å². The Morgan fingerprint density at radius 3 is 2.52 bits per heavy atom. The Morgan fingerprint density at radius 1 is 1.00 bits per heavy atom. The zero-order valence-electron chi connectivity index (χ0n) is 12.8. The normalized spacial score (nSPS) is 10.8. The summed E-state index contributed by atoms with van der Waals surface area (Å²) in [5, 5.41) is 10.3. The molecule has 0 aliphatic carbocycles. The van der Waals surface area contributed by atoms with Crippen LogP contribution in [-0.4, -0.2) is 31.0 Å². The highest BCUT2D eigenvalue weighted by atomic mass is 32.2. The Balaban J connectivity index is 1.69. The largest absolute Gasteiger partial charge is 0.305 e. The molecular formula is C16H17N5S2. The van der Waals surface area contributed by atoms with Crippen molar-refractivity contribution >= 4 is 23.5 Å². The molecule has 0 N–H and O–H groups in total. The summed E-state index contributed by atoms with van der Waals surface area (Å²) in [5.41, 5.74) is 1.32. The molecule has 7 heteroatoms. The third kappa shape index (κ3) is 4.33. The highest BCUT2D eigenvalue weighted by Crippen LogP contribution is 2.21. The number of rotatable bonds is 7. The van der Waals surface area contributed by atoms with Crippen LogP contribution < -0.4 is 0 Å². The van der Waals surface area contributed by atoms with Crippen molar-refractivity contribution in [3.63, 3.8) is 0 Å². The third-order valence-corrected chi connectivity index (χ3v) is 4.85. The van der Waals surface area contributed by atoms with Gasteiger partial charge >= 0.3 is 0 Å². The van der Waals surface area contributed by atoms with Crippen LogP contribution in [0.15, 0.2) is 59.1 Å². The lowest BCUT2D eigenvalue weighted by Crippen LogP contribution is -2.07. The fraction of sp³-hybridized carbons (Fsp3) is 0.250. The molecular weight excluding hydrogens is 326 g/mol. The van der Waals surface area contributed by atoms with Gasteiger partial charge in [-0.25, -0.2) is 9.97 Å². The lowest BCUT2D eigenvalue weighted by atomic mass is 10.1. The van der Waals surface area contributed by atoms with Crippen LogP contribution in [0.5, 0.6) is 0 Å². The van der Waals surface area contributed by atoms with Crippen LogP contribution >= 0.6 is 23.5 Å². The molecule has 0 fully saturated rings. The predicted octanol–water partition coefficient (Wildman–Crippen LogP) is 3.33. The molecule has 118 valence electrons. The van der Waals surface area contributed by atoms with Crippen molar-refractivity contribution in [1.29, 1.82) is 0 Å². The highest BCUT2D eigenvalue weighted by molar-refractivity contribution is 7.98. The molecule has 0 bridgehead atoms. The van der Waals surface area contributed by atoms with Gasteiger partial charge in [-0.05, 0) is 24.3 Å². The fourth-order valence-electron chi connectivity index (χ4n) is 2.18. The number of aromatic nitrogens is 5. The summed E-state index contributed by atoms with van der Waals surface area (Å²) in [4.78, 5) is 8.47. The number of thioether (sulfide) groups is 2. The first-order valence-corrected chi connectivity index (χ1v) is 9.47. The van der Waals surface area contributed by atoms with E-state index in [4.69, 9.17) is 0 Å². The molecule has 0 spiro atoms. The van der Waals surface area contributed by atoms with Gasteiger partial charge in [0.1, 0.15) is 5.82 Å². The number of benzene rings is 1. The summed E-state index contributed by atoms with van der Waals surface area (Å²) < 4.78 is 2.19. The van der Waals surface area contributed by atoms with E-state index in [1.54, 1.807) is 35.9 Å². The van der Waals surface area contributed by atoms with Crippen molar-refractivity contribution in [3.05, 3.63) is 60.2 Å². The van der Waals surface area contributed by atoms with E-state index < -0.39 is 0 Å². The summed E-state index contributed by atoms with van der Waals surface area (Å²) in [6.45, 7) is 0.874. The first kappa shape index (κ1) is 16.0. The molecule has 2 aromatic heterocycles. The van der Waals surface area contributed by atoms with Crippen molar-refractivity contribution in [1.82, 2.24) is 24.7 Å². The third-order valence-electron chi connectivity index (χ3n) is 3.32. The molecule has 2 heterocycles. The van der Waals surface area contributed by atoms with Crippen LogP contribution in [0.1, 0.15) is 11.4 Å². The maximum absolute atomic E-state index is 4.33. The Bertz CT molecular complexity index is 731. The van der Waals surface area contributed by atoms with Gasteiger partial charge in [-0.15, -0.1) is 10.2 Å². The summed E-state index contributed by atoms with van der Waals surface area (Å²) in [5.74, 6) is 1.68. The Morgan fingerprint density at radius 2 is 1.78 bits per heavy atom. The SMILES string of the molecule is CSc1nnc(CSc2ncccn2)n1CCc1ccccc1. The van der Waals surface area contributed by atoms with Gasteiger partial charge in [0, 0.05) is 18.9 Å². The van der Waals surface area contributed by atoms with Crippen molar-refractivity contribution in [2.45, 2.75) is 29.0 Å². The van der Waals surface area contributed by atoms with Crippen LogP contribution in [0.2, 0.25) is 0 Å². The zero-order valence-corrected chi connectivity index (χ0v) is 14.4. The lowest BCUT2D eigenvalue weighted by Gasteiger charge is -2.09. The molecule has 1 aromatic carbocycles. The van der Waals surface area contributed by atoms with Crippen LogP contribution in [0.3, 0.4) is 0 Å². The monoisotopic (exact) mass is 343 g/mol. The maximum Gasteiger partial charge on any atom is 0.190 e. The van der Waals surface area contributed by atoms with E-state index in [-0.39, 0.29) is 0 Å². The average molecular weight is 343 g/mol. The first-order chi connectivity index (χ1) is 11.4. The summed E-state index contributed by atoms with van der Waals surface area (Å²) >= 11 is 3.20. The number of hydrogen-bond donors (Lipinski definition) is 0. The molecule has 0 saturated heterocycles. The van der Waals surface area contributed by atoms with Gasteiger partial charge in [-0.2, -0.15) is 0 Å². The van der Waals surface area contributed by atoms with Crippen LogP contribution in [0, 0.1) is 0 Å². The van der Waals surface area contributed by atoms with Crippen molar-refractivity contribution in [3.8, 4) is 0 Å². The van der Waals surface area contributed by atoms with Gasteiger partial charge in [0.2, 0.25) is 0 Å². The van der Waals surface area contributed by atoms with Crippen LogP contribution in [0.25, 0.3) is 0 Å². The summed E-state index contributed by atoms with van der Waals surface area (Å²) in [7, 11) is 0. The standard InChI is InChI=1S/C16H17N5S2/c1-22-16-20-19-14(12-23-15-17-9-5-10-18-15)21(16)11-8-13-6-3-2-4-7-13/h2-7,9-10H,8,11-12H2,1H3. The topological polar surface area (TPSA) is 56.5 Å². The second-order valence-corrected chi connectivity index (χ2v) is 6.53. The maximum atomic E-state index is 4.33. The Hall–Kier alpha value is -1.86. The molecule has 0 aliphatic heterocycles. The summed E-state index contributed by atoms with van der Waals surface area (Å²) in [6.07, 6.45) is 6.50. The zero-order chi connectivity index (χ0) is 15.9. The van der Waals surface area contributed by atoms with E-state index in [1.807, 2.05) is 18.4 Å². The van der Waals surface area contributed by atoms with Gasteiger partial charge in [0.15, 0.2) is 10.3 Å². The molecule has 3 rings (SSSR count). The molecule has 0 aliphatic rings. The van der Waals surface area contributed by atoms with Crippen LogP contribution in [-0.2, 0) is 18.7 Å². The minimum absolute atomic E-state index is 0.715. The van der Waals surface area contributed by atoms with Gasteiger partial charge in [0.05, 0.1) is 5.75 Å². The van der Waals surface area contributed by atoms with E-state index in [0.29, 0.717) is 5.75 Å². The van der Waals surface area contributed by atoms with E-state index in [9.17, 15) is 0 Å². The van der Waals surface area contributed by atoms with Crippen molar-refractivity contribution in [2.75, 3.05) is 6.26 Å². The van der Waals surface area contributed by atoms with E-state index in [0.717, 1.165) is 29.1 Å². The minimum Gasteiger partial charge on any atom is -0.305 e. The van der Waals surface area contributed by atoms with E-state index in [1.165, 1.54) is 5.56 Å². The number of nitrogens with zero attached hydrogens (tertiary/aromatic N) is 5. The molecule has 0 atom stereocenters. The number of hydrogen-bond acceptors (Lipinski definition) is 6. The van der Waals surface area contributed by atoms with Crippen molar-refractivity contribution in [2.24, 2.45) is 0 Å². The number of aryl methyl sites for hydroxylation is 1. The average Bonchev–Trinajstić information content (AvgIpc) is 3.02. The minimum atomic E-state index is 0.715. The van der Waals surface area contributed by atoms with E-state index >= 15 is 0 Å². The van der Waals surface area contributed by atoms with E-state index in [2.05, 4.69) is 49.0 Å². The second-order valence-electron chi connectivity index (χ2n) is 4.81. The molecule has 0 radical (unpaired) electrons. The summed E-state index contributed by atoms with van der Waals surface area (Å²) in [6, 6.07) is 12.3. The molecule has 0 saturated carbocycles. The molecule has 0 unspecified atom stereocenters. The smallest absolute Gasteiger partial charge is 0.190 e. The lowest BCUT2D eigenvalue weighted by molar-refractivity contribution is 0.615. The Kier molecular flexibility index (Phi) is 5.65. The molecule has 0 amide bonds. The van der Waals surface area contributed by atoms with Crippen LogP contribution in [0.4, 0.5) is 0 Å². The molecule has 3 aromatic rings. The molecule has 23 heavy (non-hydrogen) atoms. The highest BCUT2D eigenvalue weighted by Gasteiger charge is 2.12. The second kappa shape index (κ2) is 8.12. The molecule has 5 nitrogen and oxygen atoms in total.